The second kappa shape index (κ2) is 7.56. The molecule has 30 heavy (non-hydrogen) atoms. The summed E-state index contributed by atoms with van der Waals surface area (Å²) in [6.07, 6.45) is -3.62. The summed E-state index contributed by atoms with van der Waals surface area (Å²) in [4.78, 5) is 15.0. The molecule has 1 N–H and O–H groups in total. The molecule has 2 fully saturated rings. The number of ketones is 1. The number of nitriles is 1. The summed E-state index contributed by atoms with van der Waals surface area (Å²) in [5.41, 5.74) is 1.56. The van der Waals surface area contributed by atoms with Gasteiger partial charge < -0.3 is 9.67 Å². The van der Waals surface area contributed by atoms with Gasteiger partial charge in [-0.3, -0.25) is 9.69 Å². The Morgan fingerprint density at radius 1 is 1.27 bits per heavy atom. The molecule has 2 aliphatic rings. The van der Waals surface area contributed by atoms with Crippen molar-refractivity contribution in [3.05, 3.63) is 52.8 Å². The van der Waals surface area contributed by atoms with Crippen LogP contribution in [0.25, 0.3) is 5.69 Å². The van der Waals surface area contributed by atoms with E-state index in [1.54, 1.807) is 19.1 Å². The van der Waals surface area contributed by atoms with E-state index in [1.807, 2.05) is 11.0 Å². The van der Waals surface area contributed by atoms with Crippen LogP contribution < -0.4 is 0 Å². The summed E-state index contributed by atoms with van der Waals surface area (Å²) >= 11 is 0. The van der Waals surface area contributed by atoms with Gasteiger partial charge in [0.1, 0.15) is 0 Å². The van der Waals surface area contributed by atoms with E-state index in [0.717, 1.165) is 12.8 Å². The van der Waals surface area contributed by atoms with Gasteiger partial charge in [0.15, 0.2) is 5.78 Å². The molecule has 0 spiro atoms. The third-order valence-corrected chi connectivity index (χ3v) is 6.23. The van der Waals surface area contributed by atoms with E-state index >= 15 is 0 Å². The van der Waals surface area contributed by atoms with Gasteiger partial charge in [-0.15, -0.1) is 0 Å². The first kappa shape index (κ1) is 20.6. The van der Waals surface area contributed by atoms with Gasteiger partial charge >= 0.3 is 6.18 Å². The molecule has 2 bridgehead atoms. The zero-order valence-electron chi connectivity index (χ0n) is 16.5. The molecule has 3 atom stereocenters. The maximum atomic E-state index is 13.2. The first-order valence-corrected chi connectivity index (χ1v) is 9.93. The normalized spacial score (nSPS) is 23.7. The second-order valence-electron chi connectivity index (χ2n) is 8.12. The van der Waals surface area contributed by atoms with Crippen molar-refractivity contribution >= 4 is 5.78 Å². The first-order valence-electron chi connectivity index (χ1n) is 9.93. The molecule has 0 aliphatic carbocycles. The smallest absolute Gasteiger partial charge is 0.391 e. The fourth-order valence-corrected chi connectivity index (χ4v) is 4.90. The Labute approximate surface area is 172 Å². The van der Waals surface area contributed by atoms with Gasteiger partial charge in [-0.05, 0) is 56.5 Å². The summed E-state index contributed by atoms with van der Waals surface area (Å²) in [7, 11) is 0. The molecule has 158 valence electrons. The molecule has 0 radical (unpaired) electrons. The number of alkyl halides is 3. The number of rotatable bonds is 5. The van der Waals surface area contributed by atoms with Crippen molar-refractivity contribution in [2.45, 2.75) is 57.0 Å². The van der Waals surface area contributed by atoms with Crippen molar-refractivity contribution in [1.82, 2.24) is 9.47 Å². The highest BCUT2D eigenvalue weighted by Crippen LogP contribution is 2.38. The minimum atomic E-state index is -4.42. The van der Waals surface area contributed by atoms with Crippen molar-refractivity contribution in [1.29, 1.82) is 5.26 Å². The van der Waals surface area contributed by atoms with Gasteiger partial charge in [0.2, 0.25) is 0 Å². The van der Waals surface area contributed by atoms with Crippen LogP contribution in [-0.2, 0) is 6.42 Å². The molecule has 2 saturated heterocycles. The monoisotopic (exact) mass is 417 g/mol. The molecule has 8 heteroatoms. The number of hydrogen-bond acceptors (Lipinski definition) is 4. The Bertz CT molecular complexity index is 1000. The molecule has 0 saturated carbocycles. The molecule has 2 aliphatic heterocycles. The summed E-state index contributed by atoms with van der Waals surface area (Å²) in [6.45, 7) is 1.73. The number of aliphatic hydroxyl groups is 1. The number of nitrogens with zero attached hydrogens (tertiary/aromatic N) is 3. The predicted molar refractivity (Wildman–Crippen MR) is 103 cm³/mol. The number of carbonyl (C=O) groups excluding carboxylic acids is 1. The number of hydrogen-bond donors (Lipinski definition) is 1. The molecule has 3 heterocycles. The zero-order chi connectivity index (χ0) is 21.6. The quantitative estimate of drug-likeness (QED) is 0.756. The van der Waals surface area contributed by atoms with Crippen molar-refractivity contribution in [3.63, 3.8) is 0 Å². The number of aromatic nitrogens is 1. The van der Waals surface area contributed by atoms with Crippen LogP contribution in [0.4, 0.5) is 13.2 Å². The summed E-state index contributed by atoms with van der Waals surface area (Å²) in [5, 5.41) is 19.1. The Balaban J connectivity index is 1.68. The molecule has 4 rings (SSSR count). The van der Waals surface area contributed by atoms with Crippen LogP contribution in [0.3, 0.4) is 0 Å². The molecule has 1 aromatic carbocycles. The van der Waals surface area contributed by atoms with E-state index in [9.17, 15) is 23.1 Å². The van der Waals surface area contributed by atoms with Crippen molar-refractivity contribution in [3.8, 4) is 11.8 Å². The number of aliphatic hydroxyl groups excluding tert-OH is 1. The van der Waals surface area contributed by atoms with Crippen molar-refractivity contribution in [2.75, 3.05) is 6.54 Å². The third-order valence-electron chi connectivity index (χ3n) is 6.23. The van der Waals surface area contributed by atoms with Gasteiger partial charge in [0, 0.05) is 34.7 Å². The first-order chi connectivity index (χ1) is 14.2. The topological polar surface area (TPSA) is 69.3 Å². The summed E-state index contributed by atoms with van der Waals surface area (Å²) in [5.74, 6) is -0.241. The lowest BCUT2D eigenvalue weighted by atomic mass is 9.98. The van der Waals surface area contributed by atoms with E-state index in [-0.39, 0.29) is 35.7 Å². The summed E-state index contributed by atoms with van der Waals surface area (Å²) in [6, 6.07) is 9.66. The zero-order valence-corrected chi connectivity index (χ0v) is 16.5. The van der Waals surface area contributed by atoms with Gasteiger partial charge in [-0.2, -0.15) is 18.4 Å². The van der Waals surface area contributed by atoms with Crippen LogP contribution in [-0.4, -0.2) is 51.3 Å². The molecule has 5 nitrogen and oxygen atoms in total. The van der Waals surface area contributed by atoms with Gasteiger partial charge in [-0.25, -0.2) is 0 Å². The van der Waals surface area contributed by atoms with Crippen LogP contribution in [0, 0.1) is 18.3 Å². The highest BCUT2D eigenvalue weighted by molar-refractivity contribution is 5.99. The number of Topliss-reactive ketones (excluding diaryl/α,β-unsaturated/α-hetero) is 1. The Hall–Kier alpha value is -2.63. The number of benzene rings is 1. The van der Waals surface area contributed by atoms with E-state index in [1.165, 1.54) is 22.8 Å². The van der Waals surface area contributed by atoms with E-state index in [4.69, 9.17) is 5.26 Å². The second-order valence-corrected chi connectivity index (χ2v) is 8.12. The lowest BCUT2D eigenvalue weighted by molar-refractivity contribution is -0.128. The molecular formula is C22H22F3N3O2. The molecule has 2 aromatic rings. The maximum absolute atomic E-state index is 13.2. The Kier molecular flexibility index (Phi) is 5.20. The van der Waals surface area contributed by atoms with Crippen LogP contribution in [0.5, 0.6) is 0 Å². The van der Waals surface area contributed by atoms with Crippen LogP contribution in [0.2, 0.25) is 0 Å². The van der Waals surface area contributed by atoms with E-state index in [0.29, 0.717) is 23.4 Å². The largest absolute Gasteiger partial charge is 0.394 e. The van der Waals surface area contributed by atoms with Crippen LogP contribution >= 0.6 is 0 Å². The molecule has 0 amide bonds. The average Bonchev–Trinajstić information content (AvgIpc) is 3.30. The average molecular weight is 417 g/mol. The number of carbonyl (C=O) groups is 1. The van der Waals surface area contributed by atoms with Crippen molar-refractivity contribution in [2.24, 2.45) is 0 Å². The van der Waals surface area contributed by atoms with Crippen LogP contribution in [0.1, 0.15) is 46.6 Å². The number of halogens is 3. The van der Waals surface area contributed by atoms with E-state index < -0.39 is 18.7 Å². The van der Waals surface area contributed by atoms with Crippen molar-refractivity contribution < 1.29 is 23.1 Å². The fraction of sp³-hybridized carbons (Fsp3) is 0.455. The maximum Gasteiger partial charge on any atom is 0.394 e. The fourth-order valence-electron chi connectivity index (χ4n) is 4.90. The van der Waals surface area contributed by atoms with Gasteiger partial charge in [0.05, 0.1) is 30.7 Å². The minimum Gasteiger partial charge on any atom is -0.391 e. The molecular weight excluding hydrogens is 395 g/mol. The number of fused-ring (bicyclic) bond motifs is 2. The Morgan fingerprint density at radius 2 is 1.97 bits per heavy atom. The van der Waals surface area contributed by atoms with Crippen LogP contribution in [0.15, 0.2) is 30.3 Å². The third kappa shape index (κ3) is 3.75. The molecule has 1 aromatic heterocycles. The van der Waals surface area contributed by atoms with Gasteiger partial charge in [-0.1, -0.05) is 0 Å². The summed E-state index contributed by atoms with van der Waals surface area (Å²) < 4.78 is 41.0. The standard InChI is InChI=1S/C22H22F3N3O2/c1-13-18(21(30)12-27-16-6-7-19(27)20(29)9-16)8-17(10-22(23,24)25)28(13)15-4-2-14(11-26)3-5-15/h2-5,8,16,19-20,29H,6-7,9-10,12H2,1H3/t16?,19?,20-/m0/s1. The lowest BCUT2D eigenvalue weighted by Crippen LogP contribution is -2.36. The van der Waals surface area contributed by atoms with E-state index in [2.05, 4.69) is 0 Å². The predicted octanol–water partition coefficient (Wildman–Crippen LogP) is 3.54. The minimum absolute atomic E-state index is 0.0162. The lowest BCUT2D eigenvalue weighted by Gasteiger charge is -2.21. The highest BCUT2D eigenvalue weighted by atomic mass is 19.4. The Morgan fingerprint density at radius 3 is 2.50 bits per heavy atom. The molecule has 2 unspecified atom stereocenters. The highest BCUT2D eigenvalue weighted by Gasteiger charge is 2.46. The van der Waals surface area contributed by atoms with Gasteiger partial charge in [0.25, 0.3) is 0 Å². The SMILES string of the molecule is Cc1c(C(=O)CN2C3CCC2[C@@H](O)C3)cc(CC(F)(F)F)n1-c1ccc(C#N)cc1.